The molecule has 16 heavy (non-hydrogen) atoms. The van der Waals surface area contributed by atoms with Gasteiger partial charge in [0.05, 0.1) is 12.4 Å². The topological polar surface area (TPSA) is 75.1 Å². The van der Waals surface area contributed by atoms with Gasteiger partial charge in [0.2, 0.25) is 0 Å². The Morgan fingerprint density at radius 2 is 2.25 bits per heavy atom. The van der Waals surface area contributed by atoms with E-state index < -0.39 is 5.97 Å². The zero-order valence-electron chi connectivity index (χ0n) is 9.40. The van der Waals surface area contributed by atoms with Gasteiger partial charge >= 0.3 is 5.97 Å². The lowest BCUT2D eigenvalue weighted by molar-refractivity contribution is 0.0690. The van der Waals surface area contributed by atoms with Crippen LogP contribution in [0.15, 0.2) is 12.4 Å². The van der Waals surface area contributed by atoms with Crippen molar-refractivity contribution in [3.05, 3.63) is 18.1 Å². The van der Waals surface area contributed by atoms with E-state index in [9.17, 15) is 4.79 Å². The van der Waals surface area contributed by atoms with Crippen LogP contribution in [0.2, 0.25) is 0 Å². The zero-order valence-corrected chi connectivity index (χ0v) is 9.40. The number of nitrogens with zero attached hydrogens (tertiary/aromatic N) is 2. The third kappa shape index (κ3) is 1.98. The fourth-order valence-corrected chi connectivity index (χ4v) is 1.83. The Bertz CT molecular complexity index is 400. The molecule has 0 radical (unpaired) electrons. The first kappa shape index (κ1) is 10.9. The second-order valence-electron chi connectivity index (χ2n) is 4.82. The minimum atomic E-state index is -1.05. The van der Waals surface area contributed by atoms with Crippen LogP contribution < -0.4 is 5.32 Å². The van der Waals surface area contributed by atoms with Crippen molar-refractivity contribution in [3.63, 3.8) is 0 Å². The molecule has 1 aliphatic rings. The molecule has 0 amide bonds. The van der Waals surface area contributed by atoms with Gasteiger partial charge in [0, 0.05) is 6.04 Å². The van der Waals surface area contributed by atoms with Crippen LogP contribution in [0.25, 0.3) is 0 Å². The minimum Gasteiger partial charge on any atom is -0.476 e. The van der Waals surface area contributed by atoms with E-state index in [0.717, 1.165) is 6.42 Å². The molecule has 86 valence electrons. The predicted octanol–water partition coefficient (Wildman–Crippen LogP) is 1.78. The highest BCUT2D eigenvalue weighted by Crippen LogP contribution is 2.41. The molecule has 0 spiro atoms. The summed E-state index contributed by atoms with van der Waals surface area (Å²) in [6.07, 6.45) is 5.06. The molecule has 1 saturated carbocycles. The van der Waals surface area contributed by atoms with Gasteiger partial charge in [-0.3, -0.25) is 0 Å². The van der Waals surface area contributed by atoms with Crippen LogP contribution in [-0.4, -0.2) is 27.1 Å². The van der Waals surface area contributed by atoms with Crippen molar-refractivity contribution in [3.8, 4) is 0 Å². The summed E-state index contributed by atoms with van der Waals surface area (Å²) < 4.78 is 0. The van der Waals surface area contributed by atoms with Crippen LogP contribution in [0.3, 0.4) is 0 Å². The molecular weight excluding hydrogens is 206 g/mol. The van der Waals surface area contributed by atoms with Crippen molar-refractivity contribution in [1.82, 2.24) is 9.97 Å². The van der Waals surface area contributed by atoms with Crippen molar-refractivity contribution in [1.29, 1.82) is 0 Å². The van der Waals surface area contributed by atoms with Crippen LogP contribution in [0.4, 0.5) is 5.82 Å². The van der Waals surface area contributed by atoms with Crippen molar-refractivity contribution in [2.75, 3.05) is 5.32 Å². The van der Waals surface area contributed by atoms with Crippen LogP contribution in [0.1, 0.15) is 37.2 Å². The molecule has 5 nitrogen and oxygen atoms in total. The Balaban J connectivity index is 2.03. The Kier molecular flexibility index (Phi) is 2.53. The summed E-state index contributed by atoms with van der Waals surface area (Å²) in [4.78, 5) is 18.4. The summed E-state index contributed by atoms with van der Waals surface area (Å²) in [7, 11) is 0. The highest BCUT2D eigenvalue weighted by atomic mass is 16.4. The first-order valence-electron chi connectivity index (χ1n) is 5.31. The average molecular weight is 221 g/mol. The molecule has 0 aromatic carbocycles. The number of anilines is 1. The molecular formula is C11H15N3O2. The summed E-state index contributed by atoms with van der Waals surface area (Å²) in [6, 6.07) is 0.400. The summed E-state index contributed by atoms with van der Waals surface area (Å²) in [6.45, 7) is 4.40. The Morgan fingerprint density at radius 1 is 1.50 bits per heavy atom. The van der Waals surface area contributed by atoms with Crippen LogP contribution in [0, 0.1) is 5.41 Å². The SMILES string of the molecule is CC1(C)CCC1Nc1cnc(C(=O)O)cn1. The lowest BCUT2D eigenvalue weighted by Crippen LogP contribution is -2.45. The summed E-state index contributed by atoms with van der Waals surface area (Å²) in [5.74, 6) is -0.411. The number of carbonyl (C=O) groups is 1. The molecule has 1 unspecified atom stereocenters. The molecule has 1 fully saturated rings. The van der Waals surface area contributed by atoms with E-state index in [2.05, 4.69) is 29.1 Å². The number of aromatic carboxylic acids is 1. The Labute approximate surface area is 93.9 Å². The number of hydrogen-bond acceptors (Lipinski definition) is 4. The van der Waals surface area contributed by atoms with E-state index in [1.54, 1.807) is 0 Å². The van der Waals surface area contributed by atoms with Crippen LogP contribution in [-0.2, 0) is 0 Å². The fourth-order valence-electron chi connectivity index (χ4n) is 1.83. The van der Waals surface area contributed by atoms with E-state index in [-0.39, 0.29) is 11.1 Å². The van der Waals surface area contributed by atoms with Crippen molar-refractivity contribution < 1.29 is 9.90 Å². The number of carboxylic acid groups (broad SMARTS) is 1. The monoisotopic (exact) mass is 221 g/mol. The Hall–Kier alpha value is -1.65. The normalized spacial score (nSPS) is 22.2. The van der Waals surface area contributed by atoms with E-state index in [0.29, 0.717) is 11.9 Å². The van der Waals surface area contributed by atoms with E-state index in [1.165, 1.54) is 18.8 Å². The minimum absolute atomic E-state index is 0.0292. The van der Waals surface area contributed by atoms with Gasteiger partial charge in [0.25, 0.3) is 0 Å². The van der Waals surface area contributed by atoms with Gasteiger partial charge in [-0.25, -0.2) is 14.8 Å². The smallest absolute Gasteiger partial charge is 0.356 e. The number of aromatic nitrogens is 2. The maximum absolute atomic E-state index is 10.6. The Morgan fingerprint density at radius 3 is 2.62 bits per heavy atom. The van der Waals surface area contributed by atoms with Crippen molar-refractivity contribution in [2.45, 2.75) is 32.7 Å². The quantitative estimate of drug-likeness (QED) is 0.813. The van der Waals surface area contributed by atoms with E-state index in [4.69, 9.17) is 5.11 Å². The van der Waals surface area contributed by atoms with E-state index in [1.807, 2.05) is 0 Å². The predicted molar refractivity (Wildman–Crippen MR) is 59.4 cm³/mol. The highest BCUT2D eigenvalue weighted by Gasteiger charge is 2.38. The average Bonchev–Trinajstić information content (AvgIpc) is 2.25. The number of nitrogens with one attached hydrogen (secondary N) is 1. The molecule has 1 aromatic heterocycles. The molecule has 1 aromatic rings. The largest absolute Gasteiger partial charge is 0.476 e. The van der Waals surface area contributed by atoms with Gasteiger partial charge in [0.15, 0.2) is 5.69 Å². The number of hydrogen-bond donors (Lipinski definition) is 2. The van der Waals surface area contributed by atoms with Crippen molar-refractivity contribution in [2.24, 2.45) is 5.41 Å². The summed E-state index contributed by atoms with van der Waals surface area (Å²) in [5, 5.41) is 11.9. The number of rotatable bonds is 3. The first-order chi connectivity index (χ1) is 7.49. The maximum atomic E-state index is 10.6. The second-order valence-corrected chi connectivity index (χ2v) is 4.82. The molecule has 5 heteroatoms. The lowest BCUT2D eigenvalue weighted by atomic mass is 9.67. The van der Waals surface area contributed by atoms with Gasteiger partial charge in [-0.05, 0) is 18.3 Å². The van der Waals surface area contributed by atoms with Gasteiger partial charge < -0.3 is 10.4 Å². The summed E-state index contributed by atoms with van der Waals surface area (Å²) in [5.41, 5.74) is 0.256. The van der Waals surface area contributed by atoms with Gasteiger partial charge in [0.1, 0.15) is 5.82 Å². The van der Waals surface area contributed by atoms with Gasteiger partial charge in [-0.15, -0.1) is 0 Å². The van der Waals surface area contributed by atoms with Crippen LogP contribution in [0.5, 0.6) is 0 Å². The molecule has 2 N–H and O–H groups in total. The molecule has 0 aliphatic heterocycles. The third-order valence-corrected chi connectivity index (χ3v) is 3.21. The van der Waals surface area contributed by atoms with Gasteiger partial charge in [-0.1, -0.05) is 13.8 Å². The first-order valence-corrected chi connectivity index (χ1v) is 5.31. The molecule has 0 saturated heterocycles. The van der Waals surface area contributed by atoms with Crippen molar-refractivity contribution >= 4 is 11.8 Å². The summed E-state index contributed by atoms with van der Waals surface area (Å²) >= 11 is 0. The second kappa shape index (κ2) is 3.73. The van der Waals surface area contributed by atoms with E-state index >= 15 is 0 Å². The molecule has 1 aliphatic carbocycles. The van der Waals surface area contributed by atoms with Crippen LogP contribution >= 0.6 is 0 Å². The lowest BCUT2D eigenvalue weighted by Gasteiger charge is -2.45. The van der Waals surface area contributed by atoms with Gasteiger partial charge in [-0.2, -0.15) is 0 Å². The molecule has 1 heterocycles. The molecule has 1 atom stereocenters. The molecule has 0 bridgehead atoms. The highest BCUT2D eigenvalue weighted by molar-refractivity contribution is 5.84. The number of carboxylic acids is 1. The molecule has 2 rings (SSSR count). The zero-order chi connectivity index (χ0) is 11.8. The fraction of sp³-hybridized carbons (Fsp3) is 0.545. The third-order valence-electron chi connectivity index (χ3n) is 3.21. The standard InChI is InChI=1S/C11H15N3O2/c1-11(2)4-3-8(11)14-9-6-12-7(5-13-9)10(15)16/h5-6,8H,3-4H2,1-2H3,(H,13,14)(H,15,16). The maximum Gasteiger partial charge on any atom is 0.356 e.